The third kappa shape index (κ3) is 3.48. The van der Waals surface area contributed by atoms with Gasteiger partial charge in [-0.1, -0.05) is 49.4 Å². The zero-order valence-corrected chi connectivity index (χ0v) is 15.1. The molecular formula is C21H18N4O2. The monoisotopic (exact) mass is 358 g/mol. The molecule has 0 atom stereocenters. The molecule has 0 saturated carbocycles. The zero-order valence-electron chi connectivity index (χ0n) is 15.1. The van der Waals surface area contributed by atoms with E-state index in [-0.39, 0.29) is 11.5 Å². The van der Waals surface area contributed by atoms with E-state index in [1.807, 2.05) is 37.3 Å². The zero-order chi connectivity index (χ0) is 19.4. The van der Waals surface area contributed by atoms with Gasteiger partial charge >= 0.3 is 0 Å². The third-order valence-electron chi connectivity index (χ3n) is 4.14. The molecule has 3 rings (SSSR count). The number of anilines is 1. The summed E-state index contributed by atoms with van der Waals surface area (Å²) < 4.78 is 1.20. The van der Waals surface area contributed by atoms with Crippen molar-refractivity contribution in [2.24, 2.45) is 0 Å². The lowest BCUT2D eigenvalue weighted by Gasteiger charge is -2.18. The quantitative estimate of drug-likeness (QED) is 0.706. The summed E-state index contributed by atoms with van der Waals surface area (Å²) in [6.45, 7) is 3.22. The molecule has 0 aliphatic rings. The molecule has 0 saturated heterocycles. The highest BCUT2D eigenvalue weighted by atomic mass is 16.1. The molecule has 1 heterocycles. The van der Waals surface area contributed by atoms with Gasteiger partial charge in [-0.3, -0.25) is 15.0 Å². The molecule has 0 fully saturated rings. The number of para-hydroxylation sites is 1. The number of carbonyl (C=O) groups is 1. The fourth-order valence-electron chi connectivity index (χ4n) is 2.83. The van der Waals surface area contributed by atoms with Crippen LogP contribution in [0.3, 0.4) is 0 Å². The average Bonchev–Trinajstić information content (AvgIpc) is 2.70. The van der Waals surface area contributed by atoms with Crippen molar-refractivity contribution in [2.75, 3.05) is 5.43 Å². The topological polar surface area (TPSA) is 87.8 Å². The molecule has 0 aliphatic carbocycles. The molecule has 0 amide bonds. The summed E-state index contributed by atoms with van der Waals surface area (Å²) in [5.74, 6) is -0.303. The van der Waals surface area contributed by atoms with Crippen LogP contribution in [0.25, 0.3) is 11.3 Å². The van der Waals surface area contributed by atoms with Crippen LogP contribution >= 0.6 is 0 Å². The molecule has 0 radical (unpaired) electrons. The van der Waals surface area contributed by atoms with E-state index in [2.05, 4.69) is 16.5 Å². The Labute approximate surface area is 156 Å². The molecule has 134 valence electrons. The van der Waals surface area contributed by atoms with Crippen LogP contribution in [0.4, 0.5) is 5.69 Å². The Balaban J connectivity index is 2.31. The number of aryl methyl sites for hydroxylation is 1. The number of hydrogen-bond donors (Lipinski definition) is 1. The summed E-state index contributed by atoms with van der Waals surface area (Å²) in [7, 11) is 0. The van der Waals surface area contributed by atoms with Crippen LogP contribution < -0.4 is 11.0 Å². The number of benzene rings is 2. The summed E-state index contributed by atoms with van der Waals surface area (Å²) in [4.78, 5) is 29.8. The molecule has 6 nitrogen and oxygen atoms in total. The highest BCUT2D eigenvalue weighted by molar-refractivity contribution is 5.98. The van der Waals surface area contributed by atoms with Crippen molar-refractivity contribution in [1.29, 1.82) is 5.26 Å². The van der Waals surface area contributed by atoms with E-state index < -0.39 is 5.56 Å². The summed E-state index contributed by atoms with van der Waals surface area (Å²) >= 11 is 0. The number of carbonyl (C=O) groups excluding carboxylic acids is 1. The van der Waals surface area contributed by atoms with Gasteiger partial charge in [-0.25, -0.2) is 9.66 Å². The Hall–Kier alpha value is -3.72. The van der Waals surface area contributed by atoms with E-state index in [9.17, 15) is 14.9 Å². The van der Waals surface area contributed by atoms with Crippen LogP contribution in [0.5, 0.6) is 0 Å². The van der Waals surface area contributed by atoms with Crippen LogP contribution in [0, 0.1) is 11.3 Å². The first kappa shape index (κ1) is 18.1. The van der Waals surface area contributed by atoms with Crippen LogP contribution in [-0.2, 0) is 6.42 Å². The first-order chi connectivity index (χ1) is 13.1. The lowest BCUT2D eigenvalue weighted by Crippen LogP contribution is -2.35. The highest BCUT2D eigenvalue weighted by Gasteiger charge is 2.21. The van der Waals surface area contributed by atoms with Crippen LogP contribution in [-0.4, -0.2) is 15.4 Å². The van der Waals surface area contributed by atoms with Gasteiger partial charge in [-0.05, 0) is 18.6 Å². The normalized spacial score (nSPS) is 10.3. The van der Waals surface area contributed by atoms with E-state index in [0.717, 1.165) is 5.56 Å². The van der Waals surface area contributed by atoms with E-state index in [1.165, 1.54) is 11.6 Å². The number of ketones is 1. The van der Waals surface area contributed by atoms with Gasteiger partial charge in [0.15, 0.2) is 5.78 Å². The summed E-state index contributed by atoms with van der Waals surface area (Å²) in [6, 6.07) is 18.1. The van der Waals surface area contributed by atoms with E-state index in [4.69, 9.17) is 0 Å². The minimum atomic E-state index is -0.407. The number of nitriles is 1. The summed E-state index contributed by atoms with van der Waals surface area (Å²) in [5.41, 5.74) is 5.00. The Morgan fingerprint density at radius 2 is 1.81 bits per heavy atom. The Morgan fingerprint density at radius 3 is 2.44 bits per heavy atom. The fourth-order valence-corrected chi connectivity index (χ4v) is 2.83. The number of nitrogens with zero attached hydrogens (tertiary/aromatic N) is 3. The van der Waals surface area contributed by atoms with Gasteiger partial charge in [0.25, 0.3) is 5.56 Å². The molecule has 1 N–H and O–H groups in total. The van der Waals surface area contributed by atoms with Gasteiger partial charge in [-0.2, -0.15) is 5.26 Å². The lowest BCUT2D eigenvalue weighted by molar-refractivity contribution is 0.100. The van der Waals surface area contributed by atoms with Crippen molar-refractivity contribution < 1.29 is 4.79 Å². The SMILES string of the molecule is CCc1nc(-c2ccccc2)c(C(C)=O)n(Nc2ccccc2C#N)c1=O. The number of hydrogen-bond acceptors (Lipinski definition) is 5. The van der Waals surface area contributed by atoms with E-state index in [1.54, 1.807) is 24.3 Å². The third-order valence-corrected chi connectivity index (χ3v) is 4.14. The second-order valence-electron chi connectivity index (χ2n) is 5.94. The molecule has 3 aromatic rings. The molecule has 6 heteroatoms. The van der Waals surface area contributed by atoms with Crippen molar-refractivity contribution >= 4 is 11.5 Å². The van der Waals surface area contributed by atoms with Gasteiger partial charge in [0.05, 0.1) is 11.3 Å². The first-order valence-electron chi connectivity index (χ1n) is 8.55. The minimum Gasteiger partial charge on any atom is -0.293 e. The average molecular weight is 358 g/mol. The highest BCUT2D eigenvalue weighted by Crippen LogP contribution is 2.22. The van der Waals surface area contributed by atoms with E-state index >= 15 is 0 Å². The van der Waals surface area contributed by atoms with Crippen molar-refractivity contribution in [1.82, 2.24) is 9.66 Å². The maximum Gasteiger partial charge on any atom is 0.291 e. The largest absolute Gasteiger partial charge is 0.293 e. The Kier molecular flexibility index (Phi) is 5.13. The van der Waals surface area contributed by atoms with E-state index in [0.29, 0.717) is 29.1 Å². The second-order valence-corrected chi connectivity index (χ2v) is 5.94. The number of rotatable bonds is 5. The van der Waals surface area contributed by atoms with Crippen LogP contribution in [0.15, 0.2) is 59.4 Å². The molecular weight excluding hydrogens is 340 g/mol. The van der Waals surface area contributed by atoms with Crippen molar-refractivity contribution in [3.05, 3.63) is 81.9 Å². The molecule has 0 unspecified atom stereocenters. The molecule has 0 spiro atoms. The van der Waals surface area contributed by atoms with Crippen molar-refractivity contribution in [3.63, 3.8) is 0 Å². The van der Waals surface area contributed by atoms with Crippen LogP contribution in [0.2, 0.25) is 0 Å². The maximum atomic E-state index is 12.9. The van der Waals surface area contributed by atoms with Gasteiger partial charge in [0.1, 0.15) is 23.2 Å². The number of Topliss-reactive ketones (excluding diaryl/α,β-unsaturated/α-hetero) is 1. The molecule has 2 aromatic carbocycles. The van der Waals surface area contributed by atoms with Gasteiger partial charge < -0.3 is 0 Å². The summed E-state index contributed by atoms with van der Waals surface area (Å²) in [6.07, 6.45) is 0.415. The Bertz CT molecular complexity index is 1100. The lowest BCUT2D eigenvalue weighted by atomic mass is 10.1. The van der Waals surface area contributed by atoms with Gasteiger partial charge in [-0.15, -0.1) is 0 Å². The smallest absolute Gasteiger partial charge is 0.291 e. The molecule has 27 heavy (non-hydrogen) atoms. The number of aromatic nitrogens is 2. The first-order valence-corrected chi connectivity index (χ1v) is 8.55. The number of nitrogens with one attached hydrogen (secondary N) is 1. The molecule has 1 aromatic heterocycles. The molecule has 0 bridgehead atoms. The fraction of sp³-hybridized carbons (Fsp3) is 0.143. The standard InChI is InChI=1S/C21H18N4O2/c1-3-17-21(27)25(24-18-12-8-7-11-16(18)13-22)20(14(2)26)19(23-17)15-9-5-4-6-10-15/h4-12,24H,3H2,1-2H3. The summed E-state index contributed by atoms with van der Waals surface area (Å²) in [5, 5.41) is 9.32. The Morgan fingerprint density at radius 1 is 1.15 bits per heavy atom. The van der Waals surface area contributed by atoms with Gasteiger partial charge in [0, 0.05) is 12.5 Å². The van der Waals surface area contributed by atoms with Crippen molar-refractivity contribution in [3.8, 4) is 17.3 Å². The predicted molar refractivity (Wildman–Crippen MR) is 103 cm³/mol. The second kappa shape index (κ2) is 7.67. The minimum absolute atomic E-state index is 0.149. The van der Waals surface area contributed by atoms with Crippen molar-refractivity contribution in [2.45, 2.75) is 20.3 Å². The van der Waals surface area contributed by atoms with Gasteiger partial charge in [0.2, 0.25) is 0 Å². The maximum absolute atomic E-state index is 12.9. The molecule has 0 aliphatic heterocycles. The predicted octanol–water partition coefficient (Wildman–Crippen LogP) is 3.42. The van der Waals surface area contributed by atoms with Crippen LogP contribution in [0.1, 0.15) is 35.6 Å².